The van der Waals surface area contributed by atoms with E-state index in [-0.39, 0.29) is 12.5 Å². The molecule has 0 radical (unpaired) electrons. The summed E-state index contributed by atoms with van der Waals surface area (Å²) in [4.78, 5) is 11.7. The zero-order valence-corrected chi connectivity index (χ0v) is 10.3. The van der Waals surface area contributed by atoms with Gasteiger partial charge in [-0.05, 0) is 31.1 Å². The fourth-order valence-electron chi connectivity index (χ4n) is 1.54. The smallest absolute Gasteiger partial charge is 0.244 e. The van der Waals surface area contributed by atoms with Gasteiger partial charge in [0.2, 0.25) is 5.91 Å². The number of carbonyl (C=O) groups is 1. The van der Waals surface area contributed by atoms with Crippen LogP contribution in [0.3, 0.4) is 0 Å². The normalized spacial score (nSPS) is 11.9. The topological polar surface area (TPSA) is 62.5 Å². The van der Waals surface area contributed by atoms with Crippen molar-refractivity contribution in [3.05, 3.63) is 30.2 Å². The highest BCUT2D eigenvalue weighted by molar-refractivity contribution is 5.91. The first-order valence-corrected chi connectivity index (χ1v) is 5.80. The van der Waals surface area contributed by atoms with Crippen LogP contribution < -0.4 is 5.32 Å². The predicted octanol–water partition coefficient (Wildman–Crippen LogP) is 1.96. The van der Waals surface area contributed by atoms with Crippen LogP contribution in [0, 0.1) is 0 Å². The maximum absolute atomic E-state index is 11.7. The first-order chi connectivity index (χ1) is 8.15. The van der Waals surface area contributed by atoms with Gasteiger partial charge in [0, 0.05) is 6.08 Å². The Labute approximate surface area is 101 Å². The van der Waals surface area contributed by atoms with Crippen LogP contribution in [0.5, 0.6) is 0 Å². The quantitative estimate of drug-likeness (QED) is 0.743. The molecule has 0 aliphatic carbocycles. The van der Waals surface area contributed by atoms with Crippen LogP contribution in [-0.2, 0) is 4.79 Å². The maximum atomic E-state index is 11.7. The van der Waals surface area contributed by atoms with Crippen molar-refractivity contribution < 1.29 is 14.3 Å². The van der Waals surface area contributed by atoms with Crippen molar-refractivity contribution in [2.24, 2.45) is 0 Å². The van der Waals surface area contributed by atoms with Gasteiger partial charge in [-0.2, -0.15) is 0 Å². The Hall–Kier alpha value is -1.55. The first-order valence-electron chi connectivity index (χ1n) is 5.80. The standard InChI is InChI=1S/C13H19NO3/c1-3-13(4-2,10-15)14-12(16)8-7-11-6-5-9-17-11/h5-9,15H,3-4,10H2,1-2H3,(H,14,16). The van der Waals surface area contributed by atoms with Crippen molar-refractivity contribution in [3.8, 4) is 0 Å². The van der Waals surface area contributed by atoms with Gasteiger partial charge in [-0.3, -0.25) is 4.79 Å². The lowest BCUT2D eigenvalue weighted by Gasteiger charge is -2.30. The Balaban J connectivity index is 2.59. The Morgan fingerprint density at radius 3 is 2.71 bits per heavy atom. The van der Waals surface area contributed by atoms with E-state index in [1.54, 1.807) is 24.5 Å². The largest absolute Gasteiger partial charge is 0.465 e. The highest BCUT2D eigenvalue weighted by Gasteiger charge is 2.26. The summed E-state index contributed by atoms with van der Waals surface area (Å²) in [6, 6.07) is 3.52. The lowest BCUT2D eigenvalue weighted by Crippen LogP contribution is -2.49. The van der Waals surface area contributed by atoms with Crippen LogP contribution >= 0.6 is 0 Å². The summed E-state index contributed by atoms with van der Waals surface area (Å²) in [7, 11) is 0. The minimum absolute atomic E-state index is 0.0552. The number of rotatable bonds is 6. The molecule has 17 heavy (non-hydrogen) atoms. The van der Waals surface area contributed by atoms with Crippen LogP contribution in [0.15, 0.2) is 28.9 Å². The van der Waals surface area contributed by atoms with E-state index in [0.29, 0.717) is 18.6 Å². The Bertz CT molecular complexity index is 356. The van der Waals surface area contributed by atoms with Crippen molar-refractivity contribution in [3.63, 3.8) is 0 Å². The molecule has 1 rings (SSSR count). The summed E-state index contributed by atoms with van der Waals surface area (Å²) in [6.07, 6.45) is 5.95. The third-order valence-corrected chi connectivity index (χ3v) is 2.99. The second-order valence-corrected chi connectivity index (χ2v) is 3.98. The van der Waals surface area contributed by atoms with Crippen LogP contribution in [0.25, 0.3) is 6.08 Å². The number of aliphatic hydroxyl groups is 1. The van der Waals surface area contributed by atoms with Crippen LogP contribution in [-0.4, -0.2) is 23.2 Å². The van der Waals surface area contributed by atoms with E-state index >= 15 is 0 Å². The maximum Gasteiger partial charge on any atom is 0.244 e. The number of carbonyl (C=O) groups excluding carboxylic acids is 1. The number of hydrogen-bond acceptors (Lipinski definition) is 3. The monoisotopic (exact) mass is 237 g/mol. The van der Waals surface area contributed by atoms with E-state index in [9.17, 15) is 9.90 Å². The third-order valence-electron chi connectivity index (χ3n) is 2.99. The summed E-state index contributed by atoms with van der Waals surface area (Å²) in [5, 5.41) is 12.1. The van der Waals surface area contributed by atoms with Gasteiger partial charge in [0.1, 0.15) is 5.76 Å². The molecule has 0 unspecified atom stereocenters. The van der Waals surface area contributed by atoms with Gasteiger partial charge < -0.3 is 14.8 Å². The average molecular weight is 237 g/mol. The lowest BCUT2D eigenvalue weighted by molar-refractivity contribution is -0.119. The van der Waals surface area contributed by atoms with E-state index in [4.69, 9.17) is 4.42 Å². The average Bonchev–Trinajstić information content (AvgIpc) is 2.87. The second kappa shape index (κ2) is 6.25. The molecule has 0 aliphatic heterocycles. The predicted molar refractivity (Wildman–Crippen MR) is 66.3 cm³/mol. The molecule has 4 heteroatoms. The van der Waals surface area contributed by atoms with E-state index in [2.05, 4.69) is 5.32 Å². The molecular formula is C13H19NO3. The molecule has 0 fully saturated rings. The zero-order valence-electron chi connectivity index (χ0n) is 10.3. The van der Waals surface area contributed by atoms with Crippen LogP contribution in [0.2, 0.25) is 0 Å². The molecule has 0 saturated carbocycles. The summed E-state index contributed by atoms with van der Waals surface area (Å²) < 4.78 is 5.08. The summed E-state index contributed by atoms with van der Waals surface area (Å²) in [5.41, 5.74) is -0.523. The molecule has 0 saturated heterocycles. The molecule has 0 bridgehead atoms. The molecule has 2 N–H and O–H groups in total. The highest BCUT2D eigenvalue weighted by Crippen LogP contribution is 2.14. The van der Waals surface area contributed by atoms with E-state index in [1.165, 1.54) is 6.08 Å². The molecule has 1 amide bonds. The van der Waals surface area contributed by atoms with E-state index in [1.807, 2.05) is 13.8 Å². The molecule has 1 heterocycles. The van der Waals surface area contributed by atoms with Gasteiger partial charge in [-0.1, -0.05) is 13.8 Å². The van der Waals surface area contributed by atoms with Gasteiger partial charge in [-0.15, -0.1) is 0 Å². The minimum Gasteiger partial charge on any atom is -0.465 e. The summed E-state index contributed by atoms with van der Waals surface area (Å²) in [6.45, 7) is 3.83. The van der Waals surface area contributed by atoms with Gasteiger partial charge in [0.15, 0.2) is 0 Å². The number of amides is 1. The minimum atomic E-state index is -0.523. The molecule has 1 aromatic rings. The molecule has 0 aliphatic rings. The molecular weight excluding hydrogens is 218 g/mol. The molecule has 0 atom stereocenters. The summed E-state index contributed by atoms with van der Waals surface area (Å²) in [5.74, 6) is 0.405. The number of nitrogens with one attached hydrogen (secondary N) is 1. The number of aliphatic hydroxyl groups excluding tert-OH is 1. The second-order valence-electron chi connectivity index (χ2n) is 3.98. The van der Waals surface area contributed by atoms with Crippen molar-refractivity contribution in [2.75, 3.05) is 6.61 Å². The number of hydrogen-bond donors (Lipinski definition) is 2. The van der Waals surface area contributed by atoms with Gasteiger partial charge >= 0.3 is 0 Å². The van der Waals surface area contributed by atoms with E-state index in [0.717, 1.165) is 0 Å². The van der Waals surface area contributed by atoms with Gasteiger partial charge in [0.25, 0.3) is 0 Å². The SMILES string of the molecule is CCC(CC)(CO)NC(=O)C=Cc1ccco1. The van der Waals surface area contributed by atoms with Crippen molar-refractivity contribution in [2.45, 2.75) is 32.2 Å². The van der Waals surface area contributed by atoms with Crippen molar-refractivity contribution in [1.29, 1.82) is 0 Å². The Morgan fingerprint density at radius 2 is 2.24 bits per heavy atom. The third kappa shape index (κ3) is 3.75. The zero-order chi connectivity index (χ0) is 12.7. The van der Waals surface area contributed by atoms with Crippen molar-refractivity contribution >= 4 is 12.0 Å². The van der Waals surface area contributed by atoms with Crippen molar-refractivity contribution in [1.82, 2.24) is 5.32 Å². The molecule has 1 aromatic heterocycles. The van der Waals surface area contributed by atoms with Crippen LogP contribution in [0.4, 0.5) is 0 Å². The van der Waals surface area contributed by atoms with Gasteiger partial charge in [0.05, 0.1) is 18.4 Å². The number of furan rings is 1. The summed E-state index contributed by atoms with van der Waals surface area (Å²) >= 11 is 0. The highest BCUT2D eigenvalue weighted by atomic mass is 16.3. The fourth-order valence-corrected chi connectivity index (χ4v) is 1.54. The molecule has 0 spiro atoms. The molecule has 4 nitrogen and oxygen atoms in total. The Kier molecular flexibility index (Phi) is 4.97. The van der Waals surface area contributed by atoms with Gasteiger partial charge in [-0.25, -0.2) is 0 Å². The first kappa shape index (κ1) is 13.5. The lowest BCUT2D eigenvalue weighted by atomic mass is 9.94. The molecule has 0 aromatic carbocycles. The fraction of sp³-hybridized carbons (Fsp3) is 0.462. The van der Waals surface area contributed by atoms with Crippen LogP contribution in [0.1, 0.15) is 32.4 Å². The Morgan fingerprint density at radius 1 is 1.53 bits per heavy atom. The van der Waals surface area contributed by atoms with E-state index < -0.39 is 5.54 Å². The molecule has 94 valence electrons.